The van der Waals surface area contributed by atoms with Gasteiger partial charge in [-0.1, -0.05) is 23.7 Å². The number of benzene rings is 1. The Morgan fingerprint density at radius 1 is 1.38 bits per heavy atom. The lowest BCUT2D eigenvalue weighted by Crippen LogP contribution is -2.23. The molecule has 2 N–H and O–H groups in total. The Balaban J connectivity index is 2.26. The van der Waals surface area contributed by atoms with Gasteiger partial charge in [0.1, 0.15) is 0 Å². The van der Waals surface area contributed by atoms with E-state index in [4.69, 9.17) is 17.3 Å². The van der Waals surface area contributed by atoms with Crippen LogP contribution >= 0.6 is 22.9 Å². The molecule has 6 nitrogen and oxygen atoms in total. The summed E-state index contributed by atoms with van der Waals surface area (Å²) in [6, 6.07) is 8.02. The first kappa shape index (κ1) is 18.1. The molecule has 0 spiro atoms. The van der Waals surface area contributed by atoms with Crippen molar-refractivity contribution in [2.24, 2.45) is 5.73 Å². The van der Waals surface area contributed by atoms with Gasteiger partial charge >= 0.3 is 0 Å². The Morgan fingerprint density at radius 2 is 2.12 bits per heavy atom. The molecule has 24 heavy (non-hydrogen) atoms. The Bertz CT molecular complexity index is 776. The molecule has 0 saturated carbocycles. The van der Waals surface area contributed by atoms with Crippen LogP contribution in [0.3, 0.4) is 0 Å². The average molecular weight is 366 g/mol. The Kier molecular flexibility index (Phi) is 6.08. The monoisotopic (exact) mass is 365 g/mol. The van der Waals surface area contributed by atoms with E-state index in [9.17, 15) is 14.9 Å². The highest BCUT2D eigenvalue weighted by molar-refractivity contribution is 7.16. The lowest BCUT2D eigenvalue weighted by molar-refractivity contribution is -0.385. The molecule has 0 atom stereocenters. The fraction of sp³-hybridized carbons (Fsp3) is 0.188. The maximum absolute atomic E-state index is 11.3. The predicted octanol–water partition coefficient (Wildman–Crippen LogP) is 3.60. The number of nitro benzene ring substituents is 1. The van der Waals surface area contributed by atoms with Gasteiger partial charge in [0.2, 0.25) is 5.91 Å². The molecule has 0 aliphatic rings. The molecule has 1 amide bonds. The fourth-order valence-corrected chi connectivity index (χ4v) is 3.42. The molecule has 1 aromatic heterocycles. The van der Waals surface area contributed by atoms with Crippen molar-refractivity contribution < 1.29 is 9.72 Å². The van der Waals surface area contributed by atoms with Crippen molar-refractivity contribution in [2.75, 3.05) is 6.54 Å². The number of nitrogens with zero attached hydrogens (tertiary/aromatic N) is 2. The second kappa shape index (κ2) is 8.05. The lowest BCUT2D eigenvalue weighted by atomic mass is 10.1. The first-order chi connectivity index (χ1) is 11.4. The Morgan fingerprint density at radius 3 is 2.67 bits per heavy atom. The van der Waals surface area contributed by atoms with Crippen LogP contribution in [0, 0.1) is 10.1 Å². The van der Waals surface area contributed by atoms with Crippen LogP contribution < -0.4 is 5.73 Å². The van der Waals surface area contributed by atoms with Gasteiger partial charge in [-0.3, -0.25) is 19.8 Å². The zero-order valence-corrected chi connectivity index (χ0v) is 14.3. The van der Waals surface area contributed by atoms with Gasteiger partial charge in [-0.2, -0.15) is 0 Å². The molecular weight excluding hydrogens is 350 g/mol. The van der Waals surface area contributed by atoms with Crippen molar-refractivity contribution in [3.05, 3.63) is 73.4 Å². The summed E-state index contributed by atoms with van der Waals surface area (Å²) >= 11 is 7.41. The molecular formula is C16H16ClN3O3S. The summed E-state index contributed by atoms with van der Waals surface area (Å²) in [7, 11) is 0. The minimum atomic E-state index is -0.694. The standard InChI is InChI=1S/C16H16ClN3O3S/c1-2-7-19(10-13-5-6-15(17)24-13)9-12-4-3-11(16(18)21)8-14(12)20(22)23/h2-6,8H,1,7,9-10H2,(H2,18,21). The number of nitrogens with two attached hydrogens (primary N) is 1. The van der Waals surface area contributed by atoms with Crippen LogP contribution in [0.2, 0.25) is 4.34 Å². The average Bonchev–Trinajstić information content (AvgIpc) is 2.92. The summed E-state index contributed by atoms with van der Waals surface area (Å²) in [6.45, 7) is 5.22. The van der Waals surface area contributed by atoms with Crippen LogP contribution in [0.25, 0.3) is 0 Å². The molecule has 0 radical (unpaired) electrons. The van der Waals surface area contributed by atoms with E-state index < -0.39 is 10.8 Å². The maximum atomic E-state index is 11.3. The highest BCUT2D eigenvalue weighted by Gasteiger charge is 2.19. The molecule has 0 aliphatic heterocycles. The molecule has 2 rings (SSSR count). The third kappa shape index (κ3) is 4.64. The summed E-state index contributed by atoms with van der Waals surface area (Å²) < 4.78 is 0.695. The Labute approximate surface area is 148 Å². The number of rotatable bonds is 8. The number of nitro groups is 1. The van der Waals surface area contributed by atoms with E-state index in [1.54, 1.807) is 12.1 Å². The summed E-state index contributed by atoms with van der Waals surface area (Å²) in [5, 5.41) is 11.3. The van der Waals surface area contributed by atoms with E-state index in [0.717, 1.165) is 4.88 Å². The van der Waals surface area contributed by atoms with E-state index in [1.807, 2.05) is 17.0 Å². The summed E-state index contributed by atoms with van der Waals surface area (Å²) in [5.41, 5.74) is 5.69. The number of hydrogen-bond donors (Lipinski definition) is 1. The molecule has 126 valence electrons. The van der Waals surface area contributed by atoms with E-state index in [0.29, 0.717) is 29.5 Å². The van der Waals surface area contributed by atoms with Crippen molar-refractivity contribution in [3.8, 4) is 0 Å². The summed E-state index contributed by atoms with van der Waals surface area (Å²) in [4.78, 5) is 25.1. The van der Waals surface area contributed by atoms with Crippen molar-refractivity contribution in [2.45, 2.75) is 13.1 Å². The van der Waals surface area contributed by atoms with Gasteiger partial charge in [0.05, 0.1) is 9.26 Å². The fourth-order valence-electron chi connectivity index (χ4n) is 2.29. The first-order valence-corrected chi connectivity index (χ1v) is 8.24. The third-order valence-corrected chi connectivity index (χ3v) is 4.57. The minimum Gasteiger partial charge on any atom is -0.366 e. The van der Waals surface area contributed by atoms with Crippen LogP contribution in [0.1, 0.15) is 20.8 Å². The quantitative estimate of drug-likeness (QED) is 0.439. The van der Waals surface area contributed by atoms with Crippen molar-refractivity contribution >= 4 is 34.5 Å². The van der Waals surface area contributed by atoms with Crippen LogP contribution in [-0.2, 0) is 13.1 Å². The maximum Gasteiger partial charge on any atom is 0.274 e. The lowest BCUT2D eigenvalue weighted by Gasteiger charge is -2.20. The molecule has 0 bridgehead atoms. The smallest absolute Gasteiger partial charge is 0.274 e. The highest BCUT2D eigenvalue weighted by Crippen LogP contribution is 2.26. The largest absolute Gasteiger partial charge is 0.366 e. The topological polar surface area (TPSA) is 89.5 Å². The van der Waals surface area contributed by atoms with Gasteiger partial charge in [0.15, 0.2) is 0 Å². The van der Waals surface area contributed by atoms with Gasteiger partial charge in [0, 0.05) is 41.7 Å². The van der Waals surface area contributed by atoms with E-state index in [2.05, 4.69) is 6.58 Å². The van der Waals surface area contributed by atoms with Gasteiger partial charge in [-0.25, -0.2) is 0 Å². The van der Waals surface area contributed by atoms with Crippen LogP contribution in [-0.4, -0.2) is 22.3 Å². The number of carbonyl (C=O) groups is 1. The summed E-state index contributed by atoms with van der Waals surface area (Å²) in [6.07, 6.45) is 1.73. The SMILES string of the molecule is C=CCN(Cc1ccc(Cl)s1)Cc1ccc(C(N)=O)cc1[N+](=O)[O-]. The van der Waals surface area contributed by atoms with Crippen molar-refractivity contribution in [1.29, 1.82) is 0 Å². The van der Waals surface area contributed by atoms with Crippen LogP contribution in [0.4, 0.5) is 5.69 Å². The van der Waals surface area contributed by atoms with Crippen LogP contribution in [0.15, 0.2) is 43.0 Å². The molecule has 1 heterocycles. The third-order valence-electron chi connectivity index (χ3n) is 3.36. The minimum absolute atomic E-state index is 0.116. The van der Waals surface area contributed by atoms with Gasteiger partial charge in [-0.05, 0) is 18.2 Å². The second-order valence-corrected chi connectivity index (χ2v) is 6.93. The number of hydrogen-bond acceptors (Lipinski definition) is 5. The van der Waals surface area contributed by atoms with E-state index in [-0.39, 0.29) is 11.3 Å². The van der Waals surface area contributed by atoms with Gasteiger partial charge in [-0.15, -0.1) is 17.9 Å². The number of primary amides is 1. The molecule has 0 fully saturated rings. The molecule has 1 aromatic carbocycles. The number of amides is 1. The number of thiophene rings is 1. The molecule has 0 aliphatic carbocycles. The normalized spacial score (nSPS) is 10.8. The van der Waals surface area contributed by atoms with Gasteiger partial charge in [0.25, 0.3) is 5.69 Å². The molecule has 8 heteroatoms. The highest BCUT2D eigenvalue weighted by atomic mass is 35.5. The number of halogens is 1. The zero-order chi connectivity index (χ0) is 17.7. The zero-order valence-electron chi connectivity index (χ0n) is 12.8. The van der Waals surface area contributed by atoms with Gasteiger partial charge < -0.3 is 5.73 Å². The van der Waals surface area contributed by atoms with Crippen molar-refractivity contribution in [1.82, 2.24) is 4.90 Å². The molecule has 0 unspecified atom stereocenters. The number of carbonyl (C=O) groups excluding carboxylic acids is 1. The van der Waals surface area contributed by atoms with Crippen LogP contribution in [0.5, 0.6) is 0 Å². The molecule has 2 aromatic rings. The Hall–Kier alpha value is -2.22. The van der Waals surface area contributed by atoms with E-state index >= 15 is 0 Å². The van der Waals surface area contributed by atoms with Crippen molar-refractivity contribution in [3.63, 3.8) is 0 Å². The first-order valence-electron chi connectivity index (χ1n) is 7.05. The predicted molar refractivity (Wildman–Crippen MR) is 95.3 cm³/mol. The van der Waals surface area contributed by atoms with E-state index in [1.165, 1.54) is 23.5 Å². The molecule has 0 saturated heterocycles. The second-order valence-electron chi connectivity index (χ2n) is 5.13. The summed E-state index contributed by atoms with van der Waals surface area (Å²) in [5.74, 6) is -0.694.